The first-order chi connectivity index (χ1) is 10.9. The predicted molar refractivity (Wildman–Crippen MR) is 79.9 cm³/mol. The van der Waals surface area contributed by atoms with Gasteiger partial charge in [-0.05, 0) is 24.1 Å². The number of nitrogens with one attached hydrogen (secondary N) is 2. The van der Waals surface area contributed by atoms with Crippen molar-refractivity contribution in [3.05, 3.63) is 47.5 Å². The zero-order valence-electron chi connectivity index (χ0n) is 12.3. The van der Waals surface area contributed by atoms with Gasteiger partial charge >= 0.3 is 6.09 Å². The zero-order valence-corrected chi connectivity index (χ0v) is 12.3. The summed E-state index contributed by atoms with van der Waals surface area (Å²) in [6.45, 7) is 0. The molecule has 7 nitrogen and oxygen atoms in total. The number of nitrogens with zero attached hydrogens (tertiary/aromatic N) is 2. The fraction of sp³-hybridized carbons (Fsp3) is 0.267. The van der Waals surface area contributed by atoms with E-state index in [1.807, 2.05) is 0 Å². The van der Waals surface area contributed by atoms with Crippen LogP contribution in [0.1, 0.15) is 28.3 Å². The maximum absolute atomic E-state index is 13.9. The molecule has 1 aliphatic carbocycles. The molecular weight excluding hydrogens is 303 g/mol. The molecule has 2 atom stereocenters. The van der Waals surface area contributed by atoms with E-state index in [9.17, 15) is 14.0 Å². The molecule has 2 unspecified atom stereocenters. The third kappa shape index (κ3) is 3.31. The summed E-state index contributed by atoms with van der Waals surface area (Å²) in [4.78, 5) is 22.8. The van der Waals surface area contributed by atoms with Crippen LogP contribution in [-0.4, -0.2) is 32.9 Å². The Morgan fingerprint density at radius 2 is 2.22 bits per heavy atom. The van der Waals surface area contributed by atoms with E-state index in [0.717, 1.165) is 5.56 Å². The van der Waals surface area contributed by atoms with Gasteiger partial charge in [-0.3, -0.25) is 9.48 Å². The summed E-state index contributed by atoms with van der Waals surface area (Å²) in [6.07, 6.45) is 2.62. The van der Waals surface area contributed by atoms with Gasteiger partial charge in [0.05, 0.1) is 17.4 Å². The lowest BCUT2D eigenvalue weighted by atomic mass is 10.1. The van der Waals surface area contributed by atoms with Crippen molar-refractivity contribution in [1.29, 1.82) is 0 Å². The second-order valence-electron chi connectivity index (χ2n) is 5.49. The molecule has 1 saturated carbocycles. The number of aromatic nitrogens is 2. The second-order valence-corrected chi connectivity index (χ2v) is 5.49. The third-order valence-electron chi connectivity index (χ3n) is 3.73. The summed E-state index contributed by atoms with van der Waals surface area (Å²) >= 11 is 0. The van der Waals surface area contributed by atoms with Gasteiger partial charge in [0.25, 0.3) is 5.91 Å². The van der Waals surface area contributed by atoms with Gasteiger partial charge in [0.15, 0.2) is 0 Å². The molecule has 2 amide bonds. The molecule has 0 spiro atoms. The number of hydrogen-bond donors (Lipinski definition) is 3. The molecule has 2 aromatic rings. The number of aryl methyl sites for hydroxylation is 1. The highest BCUT2D eigenvalue weighted by molar-refractivity contribution is 6.04. The van der Waals surface area contributed by atoms with Gasteiger partial charge in [-0.2, -0.15) is 5.10 Å². The van der Waals surface area contributed by atoms with Crippen molar-refractivity contribution in [2.24, 2.45) is 7.05 Å². The monoisotopic (exact) mass is 318 g/mol. The van der Waals surface area contributed by atoms with Gasteiger partial charge < -0.3 is 15.7 Å². The number of amides is 2. The van der Waals surface area contributed by atoms with Crippen LogP contribution in [0.2, 0.25) is 0 Å². The lowest BCUT2D eigenvalue weighted by Crippen LogP contribution is -2.24. The van der Waals surface area contributed by atoms with Gasteiger partial charge in [0.1, 0.15) is 5.82 Å². The molecule has 3 N–H and O–H groups in total. The van der Waals surface area contributed by atoms with Crippen LogP contribution in [0.15, 0.2) is 30.6 Å². The molecule has 3 rings (SSSR count). The Hall–Kier alpha value is -2.90. The molecule has 1 fully saturated rings. The molecule has 0 bridgehead atoms. The van der Waals surface area contributed by atoms with Gasteiger partial charge in [-0.25, -0.2) is 9.18 Å². The number of carboxylic acid groups (broad SMARTS) is 1. The number of rotatable bonds is 4. The Morgan fingerprint density at radius 3 is 2.87 bits per heavy atom. The lowest BCUT2D eigenvalue weighted by Gasteiger charge is -2.07. The van der Waals surface area contributed by atoms with Gasteiger partial charge in [-0.1, -0.05) is 6.07 Å². The smallest absolute Gasteiger partial charge is 0.404 e. The Morgan fingerprint density at radius 1 is 1.43 bits per heavy atom. The van der Waals surface area contributed by atoms with Crippen molar-refractivity contribution in [1.82, 2.24) is 15.1 Å². The summed E-state index contributed by atoms with van der Waals surface area (Å²) < 4.78 is 15.5. The molecule has 23 heavy (non-hydrogen) atoms. The fourth-order valence-corrected chi connectivity index (χ4v) is 2.51. The van der Waals surface area contributed by atoms with E-state index >= 15 is 0 Å². The van der Waals surface area contributed by atoms with Crippen LogP contribution in [0, 0.1) is 5.82 Å². The van der Waals surface area contributed by atoms with E-state index < -0.39 is 17.8 Å². The van der Waals surface area contributed by atoms with Gasteiger partial charge in [0.2, 0.25) is 0 Å². The number of benzene rings is 1. The molecule has 8 heteroatoms. The largest absolute Gasteiger partial charge is 0.465 e. The van der Waals surface area contributed by atoms with E-state index in [-0.39, 0.29) is 17.5 Å². The highest BCUT2D eigenvalue weighted by Gasteiger charge is 2.40. The van der Waals surface area contributed by atoms with Crippen LogP contribution in [0.4, 0.5) is 14.9 Å². The van der Waals surface area contributed by atoms with E-state index in [4.69, 9.17) is 5.11 Å². The first kappa shape index (κ1) is 15.0. The fourth-order valence-electron chi connectivity index (χ4n) is 2.51. The normalized spacial score (nSPS) is 19.2. The molecule has 1 heterocycles. The molecule has 120 valence electrons. The average molecular weight is 318 g/mol. The molecular formula is C15H15FN4O3. The first-order valence-electron chi connectivity index (χ1n) is 7.03. The van der Waals surface area contributed by atoms with E-state index in [2.05, 4.69) is 15.7 Å². The first-order valence-corrected chi connectivity index (χ1v) is 7.03. The Balaban J connectivity index is 1.75. The Labute approximate surface area is 131 Å². The van der Waals surface area contributed by atoms with Crippen molar-refractivity contribution < 1.29 is 19.1 Å². The SMILES string of the molecule is Cn1cc(NC(=O)c2cc(C3CC3NC(=O)O)ccc2F)cn1. The number of anilines is 1. The Bertz CT molecular complexity index is 774. The van der Waals surface area contributed by atoms with Gasteiger partial charge in [0, 0.05) is 25.2 Å². The van der Waals surface area contributed by atoms with Crippen molar-refractivity contribution in [2.75, 3.05) is 5.32 Å². The topological polar surface area (TPSA) is 96.2 Å². The van der Waals surface area contributed by atoms with Crippen molar-refractivity contribution in [3.63, 3.8) is 0 Å². The molecule has 0 saturated heterocycles. The standard InChI is InChI=1S/C15H15FN4O3/c1-20-7-9(6-17-20)18-14(21)11-4-8(2-3-12(11)16)10-5-13(10)19-15(22)23/h2-4,6-7,10,13,19H,5H2,1H3,(H,18,21)(H,22,23). The molecule has 1 aromatic heterocycles. The Kier molecular flexibility index (Phi) is 3.73. The molecule has 1 aliphatic rings. The minimum atomic E-state index is -1.09. The van der Waals surface area contributed by atoms with Gasteiger partial charge in [-0.15, -0.1) is 0 Å². The molecule has 0 radical (unpaired) electrons. The molecule has 1 aromatic carbocycles. The quantitative estimate of drug-likeness (QED) is 0.802. The number of hydrogen-bond acceptors (Lipinski definition) is 3. The summed E-state index contributed by atoms with van der Waals surface area (Å²) in [5.74, 6) is -1.23. The highest BCUT2D eigenvalue weighted by Crippen LogP contribution is 2.41. The van der Waals surface area contributed by atoms with Crippen LogP contribution in [0.3, 0.4) is 0 Å². The summed E-state index contributed by atoms with van der Waals surface area (Å²) in [7, 11) is 1.71. The van der Waals surface area contributed by atoms with E-state index in [0.29, 0.717) is 12.1 Å². The van der Waals surface area contributed by atoms with Crippen molar-refractivity contribution >= 4 is 17.7 Å². The second kappa shape index (κ2) is 5.71. The number of carbonyl (C=O) groups is 2. The lowest BCUT2D eigenvalue weighted by molar-refractivity contribution is 0.102. The van der Waals surface area contributed by atoms with Crippen LogP contribution in [0.25, 0.3) is 0 Å². The summed E-state index contributed by atoms with van der Waals surface area (Å²) in [6, 6.07) is 4.08. The number of halogens is 1. The summed E-state index contributed by atoms with van der Waals surface area (Å²) in [5, 5.41) is 17.6. The maximum atomic E-state index is 13.9. The zero-order chi connectivity index (χ0) is 16.6. The average Bonchev–Trinajstić information content (AvgIpc) is 3.11. The van der Waals surface area contributed by atoms with Crippen LogP contribution in [0.5, 0.6) is 0 Å². The van der Waals surface area contributed by atoms with Crippen molar-refractivity contribution in [2.45, 2.75) is 18.4 Å². The van der Waals surface area contributed by atoms with E-state index in [1.165, 1.54) is 23.0 Å². The van der Waals surface area contributed by atoms with Crippen molar-refractivity contribution in [3.8, 4) is 0 Å². The summed E-state index contributed by atoms with van der Waals surface area (Å²) in [5.41, 5.74) is 1.13. The van der Waals surface area contributed by atoms with Crippen LogP contribution in [-0.2, 0) is 7.05 Å². The molecule has 0 aliphatic heterocycles. The van der Waals surface area contributed by atoms with Crippen LogP contribution >= 0.6 is 0 Å². The third-order valence-corrected chi connectivity index (χ3v) is 3.73. The van der Waals surface area contributed by atoms with E-state index in [1.54, 1.807) is 19.3 Å². The predicted octanol–water partition coefficient (Wildman–Crippen LogP) is 1.94. The highest BCUT2D eigenvalue weighted by atomic mass is 19.1. The van der Waals surface area contributed by atoms with Crippen LogP contribution < -0.4 is 10.6 Å². The number of carbonyl (C=O) groups excluding carboxylic acids is 1. The minimum absolute atomic E-state index is 0.0309. The maximum Gasteiger partial charge on any atom is 0.404 e. The minimum Gasteiger partial charge on any atom is -0.465 e.